The van der Waals surface area contributed by atoms with Crippen LogP contribution in [-0.4, -0.2) is 9.67 Å². The molecule has 0 aliphatic rings. The van der Waals surface area contributed by atoms with E-state index in [-0.39, 0.29) is 11.3 Å². The Labute approximate surface area is 110 Å². The third kappa shape index (κ3) is 1.89. The minimum Gasteiger partial charge on any atom is -0.507 e. The topological polar surface area (TPSA) is 42.2 Å². The summed E-state index contributed by atoms with van der Waals surface area (Å²) in [6, 6.07) is 16.0. The van der Waals surface area contributed by atoms with E-state index < -0.39 is 0 Å². The maximum Gasteiger partial charge on any atom is 0.255 e. The van der Waals surface area contributed by atoms with Crippen molar-refractivity contribution in [1.82, 2.24) is 4.57 Å². The summed E-state index contributed by atoms with van der Waals surface area (Å²) in [5.74, 6) is 0.179. The van der Waals surface area contributed by atoms with Gasteiger partial charge in [-0.05, 0) is 37.3 Å². The van der Waals surface area contributed by atoms with Crippen molar-refractivity contribution < 1.29 is 5.11 Å². The highest BCUT2D eigenvalue weighted by molar-refractivity contribution is 5.86. The van der Waals surface area contributed by atoms with Gasteiger partial charge in [0.1, 0.15) is 5.75 Å². The standard InChI is InChI=1S/C16H13NO2/c1-11-5-7-12(8-6-11)17-14-3-2-4-15(18)13(14)9-10-16(17)19/h2-10,18H,1H3. The Bertz CT molecular complexity index is 801. The number of fused-ring (bicyclic) bond motifs is 1. The average Bonchev–Trinajstić information content (AvgIpc) is 2.40. The first-order chi connectivity index (χ1) is 9.16. The van der Waals surface area contributed by atoms with Crippen molar-refractivity contribution in [2.45, 2.75) is 6.92 Å². The molecule has 0 aliphatic carbocycles. The summed E-state index contributed by atoms with van der Waals surface area (Å²) in [5.41, 5.74) is 2.53. The van der Waals surface area contributed by atoms with Crippen LogP contribution in [0.25, 0.3) is 16.6 Å². The second kappa shape index (κ2) is 4.28. The fraction of sp³-hybridized carbons (Fsp3) is 0.0625. The van der Waals surface area contributed by atoms with Crippen LogP contribution in [0.15, 0.2) is 59.4 Å². The first-order valence-corrected chi connectivity index (χ1v) is 6.07. The van der Waals surface area contributed by atoms with E-state index in [0.29, 0.717) is 10.9 Å². The van der Waals surface area contributed by atoms with Crippen molar-refractivity contribution in [2.24, 2.45) is 0 Å². The third-order valence-corrected chi connectivity index (χ3v) is 3.21. The second-order valence-electron chi connectivity index (χ2n) is 4.55. The molecule has 3 rings (SSSR count). The van der Waals surface area contributed by atoms with Crippen LogP contribution in [0.5, 0.6) is 5.75 Å². The molecule has 0 amide bonds. The van der Waals surface area contributed by atoms with Gasteiger partial charge in [-0.25, -0.2) is 0 Å². The quantitative estimate of drug-likeness (QED) is 0.722. The van der Waals surface area contributed by atoms with E-state index >= 15 is 0 Å². The lowest BCUT2D eigenvalue weighted by atomic mass is 10.1. The zero-order valence-corrected chi connectivity index (χ0v) is 10.5. The number of pyridine rings is 1. The van der Waals surface area contributed by atoms with Crippen LogP contribution < -0.4 is 5.56 Å². The van der Waals surface area contributed by atoms with Crippen LogP contribution in [0.3, 0.4) is 0 Å². The van der Waals surface area contributed by atoms with Gasteiger partial charge >= 0.3 is 0 Å². The fourth-order valence-electron chi connectivity index (χ4n) is 2.21. The molecule has 2 aromatic carbocycles. The molecule has 94 valence electrons. The molecule has 1 N–H and O–H groups in total. The van der Waals surface area contributed by atoms with E-state index in [1.807, 2.05) is 37.3 Å². The van der Waals surface area contributed by atoms with Gasteiger partial charge in [-0.15, -0.1) is 0 Å². The van der Waals surface area contributed by atoms with Crippen LogP contribution in [0.2, 0.25) is 0 Å². The van der Waals surface area contributed by atoms with Crippen LogP contribution in [0, 0.1) is 6.92 Å². The molecule has 1 heterocycles. The molecule has 0 saturated carbocycles. The van der Waals surface area contributed by atoms with Gasteiger partial charge in [-0.1, -0.05) is 23.8 Å². The Morgan fingerprint density at radius 2 is 1.68 bits per heavy atom. The maximum atomic E-state index is 12.1. The number of phenolic OH excluding ortho intramolecular Hbond substituents is 1. The Kier molecular flexibility index (Phi) is 2.60. The van der Waals surface area contributed by atoms with Gasteiger partial charge in [0.05, 0.1) is 5.52 Å². The predicted molar refractivity (Wildman–Crippen MR) is 75.9 cm³/mol. The number of hydrogen-bond donors (Lipinski definition) is 1. The molecule has 0 bridgehead atoms. The highest BCUT2D eigenvalue weighted by Gasteiger charge is 2.07. The molecule has 0 aliphatic heterocycles. The van der Waals surface area contributed by atoms with Crippen LogP contribution >= 0.6 is 0 Å². The first-order valence-electron chi connectivity index (χ1n) is 6.07. The highest BCUT2D eigenvalue weighted by atomic mass is 16.3. The SMILES string of the molecule is Cc1ccc(-n2c(=O)ccc3c(O)cccc32)cc1. The molecule has 0 atom stereocenters. The normalized spacial score (nSPS) is 10.8. The van der Waals surface area contributed by atoms with Crippen LogP contribution in [-0.2, 0) is 0 Å². The number of phenols is 1. The van der Waals surface area contributed by atoms with Crippen molar-refractivity contribution >= 4 is 10.9 Å². The lowest BCUT2D eigenvalue weighted by molar-refractivity contribution is 0.481. The first kappa shape index (κ1) is 11.5. The molecule has 0 unspecified atom stereocenters. The van der Waals surface area contributed by atoms with Gasteiger partial charge in [0.25, 0.3) is 5.56 Å². The molecule has 1 aromatic heterocycles. The monoisotopic (exact) mass is 251 g/mol. The van der Waals surface area contributed by atoms with E-state index in [0.717, 1.165) is 11.3 Å². The molecule has 19 heavy (non-hydrogen) atoms. The number of rotatable bonds is 1. The zero-order valence-electron chi connectivity index (χ0n) is 10.5. The van der Waals surface area contributed by atoms with Crippen molar-refractivity contribution in [2.75, 3.05) is 0 Å². The average molecular weight is 251 g/mol. The van der Waals surface area contributed by atoms with E-state index in [2.05, 4.69) is 0 Å². The molecule has 3 aromatic rings. The van der Waals surface area contributed by atoms with Crippen molar-refractivity contribution in [1.29, 1.82) is 0 Å². The number of aromatic hydroxyl groups is 1. The Balaban J connectivity index is 2.40. The molecular weight excluding hydrogens is 238 g/mol. The summed E-state index contributed by atoms with van der Waals surface area (Å²) in [6.45, 7) is 2.00. The Morgan fingerprint density at radius 3 is 2.42 bits per heavy atom. The number of benzene rings is 2. The van der Waals surface area contributed by atoms with Gasteiger partial charge in [-0.2, -0.15) is 0 Å². The van der Waals surface area contributed by atoms with E-state index in [1.54, 1.807) is 22.8 Å². The van der Waals surface area contributed by atoms with Crippen LogP contribution in [0.1, 0.15) is 5.56 Å². The van der Waals surface area contributed by atoms with Gasteiger partial charge in [0, 0.05) is 17.1 Å². The second-order valence-corrected chi connectivity index (χ2v) is 4.55. The van der Waals surface area contributed by atoms with E-state index in [4.69, 9.17) is 0 Å². The van der Waals surface area contributed by atoms with Crippen molar-refractivity contribution in [3.05, 3.63) is 70.5 Å². The molecule has 0 saturated heterocycles. The fourth-order valence-corrected chi connectivity index (χ4v) is 2.21. The van der Waals surface area contributed by atoms with Gasteiger partial charge < -0.3 is 5.11 Å². The van der Waals surface area contributed by atoms with Crippen LogP contribution in [0.4, 0.5) is 0 Å². The van der Waals surface area contributed by atoms with Crippen molar-refractivity contribution in [3.8, 4) is 11.4 Å². The number of aryl methyl sites for hydroxylation is 1. The molecule has 0 spiro atoms. The number of nitrogens with zero attached hydrogens (tertiary/aromatic N) is 1. The minimum absolute atomic E-state index is 0.109. The molecule has 3 nitrogen and oxygen atoms in total. The van der Waals surface area contributed by atoms with Gasteiger partial charge in [-0.3, -0.25) is 9.36 Å². The zero-order chi connectivity index (χ0) is 13.4. The summed E-state index contributed by atoms with van der Waals surface area (Å²) >= 11 is 0. The number of hydrogen-bond acceptors (Lipinski definition) is 2. The molecule has 0 fully saturated rings. The predicted octanol–water partition coefficient (Wildman–Crippen LogP) is 3.00. The van der Waals surface area contributed by atoms with E-state index in [9.17, 15) is 9.90 Å². The van der Waals surface area contributed by atoms with Gasteiger partial charge in [0.2, 0.25) is 0 Å². The van der Waals surface area contributed by atoms with E-state index in [1.165, 1.54) is 6.07 Å². The summed E-state index contributed by atoms with van der Waals surface area (Å²) in [7, 11) is 0. The number of aromatic nitrogens is 1. The molecule has 3 heteroatoms. The largest absolute Gasteiger partial charge is 0.507 e. The highest BCUT2D eigenvalue weighted by Crippen LogP contribution is 2.24. The maximum absolute atomic E-state index is 12.1. The third-order valence-electron chi connectivity index (χ3n) is 3.21. The lowest BCUT2D eigenvalue weighted by Crippen LogP contribution is -2.17. The lowest BCUT2D eigenvalue weighted by Gasteiger charge is -2.11. The summed E-state index contributed by atoms with van der Waals surface area (Å²) < 4.78 is 1.61. The van der Waals surface area contributed by atoms with Gasteiger partial charge in [0.15, 0.2) is 0 Å². The Hall–Kier alpha value is -2.55. The summed E-state index contributed by atoms with van der Waals surface area (Å²) in [5, 5.41) is 10.5. The molecule has 0 radical (unpaired) electrons. The smallest absolute Gasteiger partial charge is 0.255 e. The summed E-state index contributed by atoms with van der Waals surface area (Å²) in [4.78, 5) is 12.1. The molecular formula is C16H13NO2. The Morgan fingerprint density at radius 1 is 0.947 bits per heavy atom. The minimum atomic E-state index is -0.109. The van der Waals surface area contributed by atoms with Crippen molar-refractivity contribution in [3.63, 3.8) is 0 Å². The summed E-state index contributed by atoms with van der Waals surface area (Å²) in [6.07, 6.45) is 0.